The lowest BCUT2D eigenvalue weighted by atomic mass is 10.1. The first kappa shape index (κ1) is 15.1. The number of rotatable bonds is 5. The second-order valence-corrected chi connectivity index (χ2v) is 6.19. The summed E-state index contributed by atoms with van der Waals surface area (Å²) in [4.78, 5) is 15.0. The number of carboxylic acid groups (broad SMARTS) is 1. The molecule has 2 N–H and O–H groups in total. The second kappa shape index (κ2) is 6.02. The molecule has 0 saturated heterocycles. The standard InChI is InChI=1S/C14H14N2O4S/c1-10-5-6-12(8-13(10)14(17)18)21(19,20)16-9-11-4-2-3-7-15-11/h2-8,16H,9H2,1H3,(H,17,18). The molecule has 0 aliphatic carbocycles. The Hall–Kier alpha value is -2.25. The Bertz CT molecular complexity index is 758. The molecular weight excluding hydrogens is 292 g/mol. The second-order valence-electron chi connectivity index (χ2n) is 4.43. The SMILES string of the molecule is Cc1ccc(S(=O)(=O)NCc2ccccn2)cc1C(=O)O. The molecule has 0 bridgehead atoms. The van der Waals surface area contributed by atoms with E-state index in [1.165, 1.54) is 12.1 Å². The molecule has 0 unspecified atom stereocenters. The number of aryl methyl sites for hydroxylation is 1. The minimum absolute atomic E-state index is 0.0317. The van der Waals surface area contributed by atoms with Gasteiger partial charge in [-0.1, -0.05) is 12.1 Å². The quantitative estimate of drug-likeness (QED) is 0.874. The van der Waals surface area contributed by atoms with Crippen molar-refractivity contribution in [3.8, 4) is 0 Å². The Morgan fingerprint density at radius 1 is 1.29 bits per heavy atom. The fourth-order valence-corrected chi connectivity index (χ4v) is 2.78. The van der Waals surface area contributed by atoms with E-state index in [1.54, 1.807) is 31.3 Å². The van der Waals surface area contributed by atoms with E-state index in [4.69, 9.17) is 5.11 Å². The summed E-state index contributed by atoms with van der Waals surface area (Å²) in [6.45, 7) is 1.65. The van der Waals surface area contributed by atoms with Crippen LogP contribution in [-0.4, -0.2) is 24.5 Å². The number of aromatic carboxylic acids is 1. The first-order valence-corrected chi connectivity index (χ1v) is 7.62. The van der Waals surface area contributed by atoms with Gasteiger partial charge >= 0.3 is 5.97 Å². The van der Waals surface area contributed by atoms with E-state index in [0.717, 1.165) is 6.07 Å². The summed E-state index contributed by atoms with van der Waals surface area (Å²) >= 11 is 0. The van der Waals surface area contributed by atoms with Crippen LogP contribution in [0.4, 0.5) is 0 Å². The molecular formula is C14H14N2O4S. The Morgan fingerprint density at radius 3 is 2.67 bits per heavy atom. The van der Waals surface area contributed by atoms with Crippen LogP contribution in [0.2, 0.25) is 0 Å². The van der Waals surface area contributed by atoms with E-state index in [1.807, 2.05) is 0 Å². The maximum atomic E-state index is 12.2. The average molecular weight is 306 g/mol. The first-order chi connectivity index (χ1) is 9.90. The smallest absolute Gasteiger partial charge is 0.335 e. The third-order valence-electron chi connectivity index (χ3n) is 2.92. The zero-order valence-electron chi connectivity index (χ0n) is 11.3. The van der Waals surface area contributed by atoms with Gasteiger partial charge in [-0.3, -0.25) is 4.98 Å². The van der Waals surface area contributed by atoms with Crippen LogP contribution in [0.15, 0.2) is 47.5 Å². The van der Waals surface area contributed by atoms with E-state index in [9.17, 15) is 13.2 Å². The fourth-order valence-electron chi connectivity index (χ4n) is 1.75. The lowest BCUT2D eigenvalue weighted by Gasteiger charge is -2.08. The molecule has 0 amide bonds. The molecule has 0 atom stereocenters. The number of carboxylic acids is 1. The molecule has 0 saturated carbocycles. The van der Waals surface area contributed by atoms with Gasteiger partial charge in [0.05, 0.1) is 22.7 Å². The summed E-state index contributed by atoms with van der Waals surface area (Å²) in [5.41, 5.74) is 1.05. The molecule has 1 heterocycles. The lowest BCUT2D eigenvalue weighted by Crippen LogP contribution is -2.24. The average Bonchev–Trinajstić information content (AvgIpc) is 2.46. The number of sulfonamides is 1. The predicted molar refractivity (Wildman–Crippen MR) is 76.4 cm³/mol. The highest BCUT2D eigenvalue weighted by Gasteiger charge is 2.17. The van der Waals surface area contributed by atoms with Crippen LogP contribution in [0.5, 0.6) is 0 Å². The minimum atomic E-state index is -3.78. The minimum Gasteiger partial charge on any atom is -0.478 e. The van der Waals surface area contributed by atoms with Crippen molar-refractivity contribution < 1.29 is 18.3 Å². The number of nitrogens with one attached hydrogen (secondary N) is 1. The van der Waals surface area contributed by atoms with Crippen LogP contribution >= 0.6 is 0 Å². The predicted octanol–water partition coefficient (Wildman–Crippen LogP) is 1.57. The normalized spacial score (nSPS) is 11.3. The molecule has 0 radical (unpaired) electrons. The third kappa shape index (κ3) is 3.65. The van der Waals surface area contributed by atoms with Gasteiger partial charge in [-0.25, -0.2) is 17.9 Å². The maximum absolute atomic E-state index is 12.2. The molecule has 110 valence electrons. The van der Waals surface area contributed by atoms with Crippen LogP contribution < -0.4 is 4.72 Å². The summed E-state index contributed by atoms with van der Waals surface area (Å²) in [6.07, 6.45) is 1.57. The summed E-state index contributed by atoms with van der Waals surface area (Å²) in [5.74, 6) is -1.16. The van der Waals surface area contributed by atoms with E-state index < -0.39 is 16.0 Å². The summed E-state index contributed by atoms with van der Waals surface area (Å²) < 4.78 is 26.7. The molecule has 2 rings (SSSR count). The van der Waals surface area contributed by atoms with Crippen molar-refractivity contribution >= 4 is 16.0 Å². The van der Waals surface area contributed by atoms with Gasteiger partial charge in [0.1, 0.15) is 0 Å². The molecule has 6 nitrogen and oxygen atoms in total. The van der Waals surface area contributed by atoms with Crippen molar-refractivity contribution in [2.24, 2.45) is 0 Å². The fraction of sp³-hybridized carbons (Fsp3) is 0.143. The Labute approximate surface area is 122 Å². The number of pyridine rings is 1. The van der Waals surface area contributed by atoms with Gasteiger partial charge in [-0.15, -0.1) is 0 Å². The zero-order chi connectivity index (χ0) is 15.5. The Morgan fingerprint density at radius 2 is 2.05 bits per heavy atom. The lowest BCUT2D eigenvalue weighted by molar-refractivity contribution is 0.0696. The summed E-state index contributed by atoms with van der Waals surface area (Å²) in [6, 6.07) is 9.18. The monoisotopic (exact) mass is 306 g/mol. The maximum Gasteiger partial charge on any atom is 0.335 e. The molecule has 0 aliphatic heterocycles. The number of benzene rings is 1. The van der Waals surface area contributed by atoms with Gasteiger partial charge in [0.15, 0.2) is 0 Å². The number of nitrogens with zero attached hydrogens (tertiary/aromatic N) is 1. The van der Waals surface area contributed by atoms with E-state index >= 15 is 0 Å². The number of hydrogen-bond donors (Lipinski definition) is 2. The Balaban J connectivity index is 2.24. The molecule has 1 aromatic heterocycles. The topological polar surface area (TPSA) is 96.4 Å². The van der Waals surface area contributed by atoms with Crippen molar-refractivity contribution in [1.29, 1.82) is 0 Å². The summed E-state index contributed by atoms with van der Waals surface area (Å²) in [5, 5.41) is 9.04. The number of hydrogen-bond acceptors (Lipinski definition) is 4. The highest BCUT2D eigenvalue weighted by atomic mass is 32.2. The van der Waals surface area contributed by atoms with Crippen molar-refractivity contribution in [2.75, 3.05) is 0 Å². The number of carbonyl (C=O) groups is 1. The van der Waals surface area contributed by atoms with E-state index in [-0.39, 0.29) is 17.0 Å². The molecule has 7 heteroatoms. The number of aromatic nitrogens is 1. The molecule has 1 aromatic carbocycles. The molecule has 0 aliphatic rings. The highest BCUT2D eigenvalue weighted by molar-refractivity contribution is 7.89. The van der Waals surface area contributed by atoms with Gasteiger partial charge < -0.3 is 5.11 Å². The Kier molecular flexibility index (Phi) is 4.35. The van der Waals surface area contributed by atoms with Crippen LogP contribution in [0.25, 0.3) is 0 Å². The van der Waals surface area contributed by atoms with E-state index in [0.29, 0.717) is 11.3 Å². The molecule has 21 heavy (non-hydrogen) atoms. The van der Waals surface area contributed by atoms with Gasteiger partial charge in [0.25, 0.3) is 0 Å². The van der Waals surface area contributed by atoms with E-state index in [2.05, 4.69) is 9.71 Å². The zero-order valence-corrected chi connectivity index (χ0v) is 12.1. The van der Waals surface area contributed by atoms with Crippen LogP contribution in [0.1, 0.15) is 21.6 Å². The largest absolute Gasteiger partial charge is 0.478 e. The van der Waals surface area contributed by atoms with Crippen molar-refractivity contribution in [3.63, 3.8) is 0 Å². The highest BCUT2D eigenvalue weighted by Crippen LogP contribution is 2.16. The molecule has 0 spiro atoms. The van der Waals surface area contributed by atoms with Crippen molar-refractivity contribution in [2.45, 2.75) is 18.4 Å². The first-order valence-electron chi connectivity index (χ1n) is 6.13. The third-order valence-corrected chi connectivity index (χ3v) is 4.32. The molecule has 0 fully saturated rings. The van der Waals surface area contributed by atoms with Crippen LogP contribution in [0, 0.1) is 6.92 Å². The molecule has 2 aromatic rings. The summed E-state index contributed by atoms with van der Waals surface area (Å²) in [7, 11) is -3.78. The van der Waals surface area contributed by atoms with Crippen LogP contribution in [-0.2, 0) is 16.6 Å². The van der Waals surface area contributed by atoms with Gasteiger partial charge in [-0.2, -0.15) is 0 Å². The van der Waals surface area contributed by atoms with Gasteiger partial charge in [-0.05, 0) is 36.8 Å². The van der Waals surface area contributed by atoms with Crippen molar-refractivity contribution in [3.05, 3.63) is 59.4 Å². The van der Waals surface area contributed by atoms with Gasteiger partial charge in [0.2, 0.25) is 10.0 Å². The van der Waals surface area contributed by atoms with Gasteiger partial charge in [0, 0.05) is 6.20 Å². The van der Waals surface area contributed by atoms with Crippen LogP contribution in [0.3, 0.4) is 0 Å². The van der Waals surface area contributed by atoms with Crippen molar-refractivity contribution in [1.82, 2.24) is 9.71 Å².